The number of thioether (sulfide) groups is 1. The molecular weight excluding hydrogens is 332 g/mol. The fraction of sp³-hybridized carbons (Fsp3) is 0.588. The number of aliphatic hydroxyl groups is 1. The molecule has 3 rings (SSSR count). The molecule has 0 aromatic heterocycles. The minimum atomic E-state index is -0.346. The largest absolute Gasteiger partial charge is 0.391 e. The van der Waals surface area contributed by atoms with E-state index in [9.17, 15) is 9.90 Å². The lowest BCUT2D eigenvalue weighted by Crippen LogP contribution is -2.45. The fourth-order valence-corrected chi connectivity index (χ4v) is 4.75. The van der Waals surface area contributed by atoms with E-state index in [0.717, 1.165) is 37.1 Å². The topological polar surface area (TPSA) is 61.4 Å². The molecule has 0 bridgehead atoms. The molecule has 1 aromatic rings. The smallest absolute Gasteiger partial charge is 0.236 e. The average Bonchev–Trinajstić information content (AvgIpc) is 3.16. The van der Waals surface area contributed by atoms with Crippen LogP contribution in [0, 0.1) is 5.92 Å². The molecule has 1 amide bonds. The zero-order valence-corrected chi connectivity index (χ0v) is 14.8. The van der Waals surface area contributed by atoms with Crippen LogP contribution in [0.15, 0.2) is 35.2 Å². The number of hydrogen-bond donors (Lipinski definition) is 3. The number of carbonyl (C=O) groups excluding carboxylic acids is 1. The molecule has 3 N–H and O–H groups in total. The normalized spacial score (nSPS) is 25.8. The van der Waals surface area contributed by atoms with Crippen molar-refractivity contribution >= 4 is 30.1 Å². The first kappa shape index (κ1) is 18.6. The van der Waals surface area contributed by atoms with Crippen LogP contribution in [0.3, 0.4) is 0 Å². The van der Waals surface area contributed by atoms with Crippen molar-refractivity contribution in [1.29, 1.82) is 0 Å². The van der Waals surface area contributed by atoms with Crippen LogP contribution in [0.1, 0.15) is 25.7 Å². The van der Waals surface area contributed by atoms with Gasteiger partial charge in [0.05, 0.1) is 10.9 Å². The van der Waals surface area contributed by atoms with Crippen LogP contribution in [0.4, 0.5) is 0 Å². The van der Waals surface area contributed by atoms with Gasteiger partial charge in [-0.25, -0.2) is 0 Å². The second-order valence-electron chi connectivity index (χ2n) is 6.31. The molecule has 1 saturated heterocycles. The van der Waals surface area contributed by atoms with E-state index in [-0.39, 0.29) is 35.1 Å². The molecule has 0 radical (unpaired) electrons. The van der Waals surface area contributed by atoms with Crippen molar-refractivity contribution in [2.45, 2.75) is 41.4 Å². The van der Waals surface area contributed by atoms with Crippen LogP contribution in [0.5, 0.6) is 0 Å². The third-order valence-electron chi connectivity index (χ3n) is 4.71. The standard InChI is InChI=1S/C17H24N2O2S.ClH/c20-15-12-18-10-13(15)11-19-16(21)17(8-4-5-9-17)22-14-6-2-1-3-7-14;/h1-3,6-7,13,15,18,20H,4-5,8-12H2,(H,19,21);1H. The molecule has 0 spiro atoms. The number of benzene rings is 1. The number of aliphatic hydroxyl groups excluding tert-OH is 1. The minimum absolute atomic E-state index is 0. The van der Waals surface area contributed by atoms with Crippen molar-refractivity contribution in [3.63, 3.8) is 0 Å². The molecule has 1 aromatic carbocycles. The van der Waals surface area contributed by atoms with E-state index in [0.29, 0.717) is 13.1 Å². The molecule has 1 aliphatic carbocycles. The van der Waals surface area contributed by atoms with Gasteiger partial charge in [-0.3, -0.25) is 4.79 Å². The molecular formula is C17H25ClN2O2S. The highest BCUT2D eigenvalue weighted by Gasteiger charge is 2.42. The molecule has 2 aliphatic rings. The van der Waals surface area contributed by atoms with Gasteiger partial charge in [0, 0.05) is 30.4 Å². The van der Waals surface area contributed by atoms with Gasteiger partial charge in [0.15, 0.2) is 0 Å². The summed E-state index contributed by atoms with van der Waals surface area (Å²) < 4.78 is -0.335. The van der Waals surface area contributed by atoms with E-state index in [1.54, 1.807) is 11.8 Å². The van der Waals surface area contributed by atoms with Gasteiger partial charge in [-0.1, -0.05) is 31.0 Å². The summed E-state index contributed by atoms with van der Waals surface area (Å²) in [7, 11) is 0. The molecule has 4 nitrogen and oxygen atoms in total. The van der Waals surface area contributed by atoms with Gasteiger partial charge in [0.1, 0.15) is 0 Å². The first-order valence-corrected chi connectivity index (χ1v) is 8.92. The summed E-state index contributed by atoms with van der Waals surface area (Å²) in [5.74, 6) is 0.266. The molecule has 23 heavy (non-hydrogen) atoms. The first-order chi connectivity index (χ1) is 10.7. The van der Waals surface area contributed by atoms with Gasteiger partial charge in [-0.05, 0) is 25.0 Å². The lowest BCUT2D eigenvalue weighted by molar-refractivity contribution is -0.123. The molecule has 2 fully saturated rings. The summed E-state index contributed by atoms with van der Waals surface area (Å²) in [6, 6.07) is 10.2. The van der Waals surface area contributed by atoms with Gasteiger partial charge in [-0.15, -0.1) is 24.2 Å². The van der Waals surface area contributed by atoms with Crippen molar-refractivity contribution in [1.82, 2.24) is 10.6 Å². The predicted octanol–water partition coefficient (Wildman–Crippen LogP) is 2.21. The molecule has 1 heterocycles. The van der Waals surface area contributed by atoms with Crippen molar-refractivity contribution in [2.75, 3.05) is 19.6 Å². The molecule has 2 atom stereocenters. The van der Waals surface area contributed by atoms with E-state index < -0.39 is 0 Å². The zero-order chi connectivity index (χ0) is 15.4. The second-order valence-corrected chi connectivity index (χ2v) is 7.77. The van der Waals surface area contributed by atoms with Crippen LogP contribution in [-0.4, -0.2) is 41.5 Å². The fourth-order valence-electron chi connectivity index (χ4n) is 3.35. The maximum Gasteiger partial charge on any atom is 0.236 e. The van der Waals surface area contributed by atoms with Crippen molar-refractivity contribution in [3.05, 3.63) is 30.3 Å². The Kier molecular flexibility index (Phi) is 6.77. The van der Waals surface area contributed by atoms with Gasteiger partial charge < -0.3 is 15.7 Å². The summed E-state index contributed by atoms with van der Waals surface area (Å²) in [5.41, 5.74) is 0. The SMILES string of the molecule is Cl.O=C(NCC1CNCC1O)C1(Sc2ccccc2)CCCC1. The van der Waals surface area contributed by atoms with Crippen LogP contribution in [0.25, 0.3) is 0 Å². The summed E-state index contributed by atoms with van der Waals surface area (Å²) >= 11 is 1.70. The maximum absolute atomic E-state index is 12.8. The van der Waals surface area contributed by atoms with Gasteiger partial charge >= 0.3 is 0 Å². The summed E-state index contributed by atoms with van der Waals surface area (Å²) in [4.78, 5) is 14.0. The Morgan fingerprint density at radius 3 is 2.57 bits per heavy atom. The number of amides is 1. The Balaban J connectivity index is 0.00000192. The van der Waals surface area contributed by atoms with E-state index in [4.69, 9.17) is 0 Å². The predicted molar refractivity (Wildman–Crippen MR) is 96.1 cm³/mol. The molecule has 2 unspecified atom stereocenters. The molecule has 128 valence electrons. The van der Waals surface area contributed by atoms with E-state index in [2.05, 4.69) is 22.8 Å². The number of halogens is 1. The summed E-state index contributed by atoms with van der Waals surface area (Å²) in [6.07, 6.45) is 3.75. The quantitative estimate of drug-likeness (QED) is 0.757. The zero-order valence-electron chi connectivity index (χ0n) is 13.2. The number of carbonyl (C=O) groups is 1. The Bertz CT molecular complexity index is 509. The van der Waals surface area contributed by atoms with Crippen molar-refractivity contribution < 1.29 is 9.90 Å². The third-order valence-corrected chi connectivity index (χ3v) is 6.20. The van der Waals surface area contributed by atoms with Crippen LogP contribution in [-0.2, 0) is 4.79 Å². The Labute approximate surface area is 148 Å². The maximum atomic E-state index is 12.8. The number of hydrogen-bond acceptors (Lipinski definition) is 4. The molecule has 6 heteroatoms. The Hall–Kier alpha value is -0.750. The number of nitrogens with one attached hydrogen (secondary N) is 2. The van der Waals surface area contributed by atoms with Crippen LogP contribution >= 0.6 is 24.2 Å². The monoisotopic (exact) mass is 356 g/mol. The Morgan fingerprint density at radius 1 is 1.26 bits per heavy atom. The summed E-state index contributed by atoms with van der Waals surface area (Å²) in [6.45, 7) is 1.97. The van der Waals surface area contributed by atoms with Gasteiger partial charge in [-0.2, -0.15) is 0 Å². The third kappa shape index (κ3) is 4.41. The first-order valence-electron chi connectivity index (χ1n) is 8.11. The van der Waals surface area contributed by atoms with E-state index in [1.165, 1.54) is 0 Å². The average molecular weight is 357 g/mol. The highest BCUT2D eigenvalue weighted by atomic mass is 35.5. The van der Waals surface area contributed by atoms with E-state index >= 15 is 0 Å². The Morgan fingerprint density at radius 2 is 1.96 bits per heavy atom. The number of rotatable bonds is 5. The lowest BCUT2D eigenvalue weighted by atomic mass is 10.0. The van der Waals surface area contributed by atoms with E-state index in [1.807, 2.05) is 18.2 Å². The van der Waals surface area contributed by atoms with Crippen LogP contribution in [0.2, 0.25) is 0 Å². The molecule has 1 saturated carbocycles. The van der Waals surface area contributed by atoms with Crippen molar-refractivity contribution in [2.24, 2.45) is 5.92 Å². The number of β-amino-alcohol motifs (C(OH)–C–C–N with tert-alkyl or cyclic N) is 1. The second kappa shape index (κ2) is 8.38. The van der Waals surface area contributed by atoms with Crippen molar-refractivity contribution in [3.8, 4) is 0 Å². The lowest BCUT2D eigenvalue weighted by Gasteiger charge is -2.28. The summed E-state index contributed by atoms with van der Waals surface area (Å²) in [5, 5.41) is 16.1. The minimum Gasteiger partial charge on any atom is -0.391 e. The van der Waals surface area contributed by atoms with Gasteiger partial charge in [0.25, 0.3) is 0 Å². The van der Waals surface area contributed by atoms with Gasteiger partial charge in [0.2, 0.25) is 5.91 Å². The highest BCUT2D eigenvalue weighted by molar-refractivity contribution is 8.01. The van der Waals surface area contributed by atoms with Crippen LogP contribution < -0.4 is 10.6 Å². The molecule has 1 aliphatic heterocycles. The highest BCUT2D eigenvalue weighted by Crippen LogP contribution is 2.45.